The number of nitrogens with zero attached hydrogens (tertiary/aromatic N) is 1. The molecule has 0 spiro atoms. The Balaban J connectivity index is 1.87. The third kappa shape index (κ3) is 2.86. The molecule has 104 valence electrons. The molecule has 3 N–H and O–H groups in total. The average Bonchev–Trinajstić information content (AvgIpc) is 2.92. The maximum atomic E-state index is 12.4. The van der Waals surface area contributed by atoms with Crippen LogP contribution in [0.5, 0.6) is 0 Å². The molecule has 0 heterocycles. The summed E-state index contributed by atoms with van der Waals surface area (Å²) in [6, 6.07) is 0.458. The molecule has 4 nitrogen and oxygen atoms in total. The van der Waals surface area contributed by atoms with Gasteiger partial charge in [-0.3, -0.25) is 4.79 Å². The van der Waals surface area contributed by atoms with Crippen molar-refractivity contribution in [2.45, 2.75) is 62.9 Å². The van der Waals surface area contributed by atoms with E-state index < -0.39 is 5.54 Å². The number of rotatable bonds is 3. The molecule has 0 unspecified atom stereocenters. The van der Waals surface area contributed by atoms with Gasteiger partial charge in [0, 0.05) is 24.5 Å². The number of hydrogen-bond donors (Lipinski definition) is 2. The molecular formula is C14H26N2O2. The molecule has 0 aliphatic heterocycles. The van der Waals surface area contributed by atoms with Crippen LogP contribution in [0, 0.1) is 5.92 Å². The van der Waals surface area contributed by atoms with Gasteiger partial charge in [0.2, 0.25) is 5.91 Å². The molecule has 2 saturated carbocycles. The van der Waals surface area contributed by atoms with E-state index in [-0.39, 0.29) is 12.5 Å². The van der Waals surface area contributed by atoms with Crippen molar-refractivity contribution < 1.29 is 9.90 Å². The molecule has 2 aliphatic carbocycles. The zero-order valence-corrected chi connectivity index (χ0v) is 11.4. The summed E-state index contributed by atoms with van der Waals surface area (Å²) in [6.07, 6.45) is 8.00. The summed E-state index contributed by atoms with van der Waals surface area (Å²) in [4.78, 5) is 14.4. The summed E-state index contributed by atoms with van der Waals surface area (Å²) in [6.45, 7) is 0.0341. The van der Waals surface area contributed by atoms with E-state index in [9.17, 15) is 9.90 Å². The molecule has 0 radical (unpaired) electrons. The predicted octanol–water partition coefficient (Wildman–Crippen LogP) is 1.27. The lowest BCUT2D eigenvalue weighted by Gasteiger charge is -2.37. The van der Waals surface area contributed by atoms with Gasteiger partial charge in [-0.15, -0.1) is 0 Å². The summed E-state index contributed by atoms with van der Waals surface area (Å²) in [5.74, 6) is 0.417. The minimum Gasteiger partial charge on any atom is -0.394 e. The van der Waals surface area contributed by atoms with Gasteiger partial charge in [0.25, 0.3) is 0 Å². The molecule has 0 bridgehead atoms. The van der Waals surface area contributed by atoms with Gasteiger partial charge in [0.15, 0.2) is 0 Å². The normalized spacial score (nSPS) is 33.6. The zero-order chi connectivity index (χ0) is 13.2. The number of carbonyl (C=O) groups excluding carboxylic acids is 1. The molecule has 2 fully saturated rings. The summed E-state index contributed by atoms with van der Waals surface area (Å²) < 4.78 is 0. The largest absolute Gasteiger partial charge is 0.394 e. The van der Waals surface area contributed by atoms with Crippen molar-refractivity contribution >= 4 is 5.91 Å². The standard InChI is InChI=1S/C14H26N2O2/c1-16(12-4-2-3-5-12)13(18)11-6-8-14(15,10-17)9-7-11/h11-12,17H,2-10,15H2,1H3. The molecule has 0 atom stereocenters. The highest BCUT2D eigenvalue weighted by Gasteiger charge is 2.36. The second-order valence-electron chi connectivity index (χ2n) is 6.18. The first kappa shape index (κ1) is 13.8. The highest BCUT2D eigenvalue weighted by atomic mass is 16.3. The Hall–Kier alpha value is -0.610. The Kier molecular flexibility index (Phi) is 4.28. The van der Waals surface area contributed by atoms with Crippen LogP contribution in [0.15, 0.2) is 0 Å². The van der Waals surface area contributed by atoms with Crippen LogP contribution in [0.3, 0.4) is 0 Å². The summed E-state index contributed by atoms with van der Waals surface area (Å²) in [7, 11) is 1.95. The summed E-state index contributed by atoms with van der Waals surface area (Å²) in [5.41, 5.74) is 5.60. The van der Waals surface area contributed by atoms with Crippen LogP contribution in [-0.4, -0.2) is 41.1 Å². The van der Waals surface area contributed by atoms with Crippen LogP contribution in [0.25, 0.3) is 0 Å². The van der Waals surface area contributed by atoms with E-state index in [1.807, 2.05) is 11.9 Å². The highest BCUT2D eigenvalue weighted by Crippen LogP contribution is 2.32. The zero-order valence-electron chi connectivity index (χ0n) is 11.4. The number of amides is 1. The Morgan fingerprint density at radius 2 is 1.83 bits per heavy atom. The predicted molar refractivity (Wildman–Crippen MR) is 71.0 cm³/mol. The van der Waals surface area contributed by atoms with Crippen molar-refractivity contribution in [3.8, 4) is 0 Å². The Morgan fingerprint density at radius 1 is 1.28 bits per heavy atom. The lowest BCUT2D eigenvalue weighted by atomic mass is 9.77. The number of hydrogen-bond acceptors (Lipinski definition) is 3. The first-order chi connectivity index (χ1) is 8.56. The van der Waals surface area contributed by atoms with Crippen molar-refractivity contribution in [3.63, 3.8) is 0 Å². The van der Waals surface area contributed by atoms with Crippen LogP contribution < -0.4 is 5.73 Å². The Morgan fingerprint density at radius 3 is 2.33 bits per heavy atom. The van der Waals surface area contributed by atoms with Gasteiger partial charge in [0.05, 0.1) is 6.61 Å². The van der Waals surface area contributed by atoms with Crippen molar-refractivity contribution in [3.05, 3.63) is 0 Å². The number of nitrogens with two attached hydrogens (primary N) is 1. The first-order valence-corrected chi connectivity index (χ1v) is 7.22. The van der Waals surface area contributed by atoms with Crippen LogP contribution in [0.2, 0.25) is 0 Å². The van der Waals surface area contributed by atoms with E-state index in [0.29, 0.717) is 11.9 Å². The lowest BCUT2D eigenvalue weighted by Crippen LogP contribution is -2.49. The third-order valence-electron chi connectivity index (χ3n) is 4.87. The lowest BCUT2D eigenvalue weighted by molar-refractivity contribution is -0.137. The monoisotopic (exact) mass is 254 g/mol. The van der Waals surface area contributed by atoms with Gasteiger partial charge in [-0.1, -0.05) is 12.8 Å². The Labute approximate surface area is 110 Å². The minimum atomic E-state index is -0.442. The van der Waals surface area contributed by atoms with Crippen molar-refractivity contribution in [1.29, 1.82) is 0 Å². The molecule has 4 heteroatoms. The maximum Gasteiger partial charge on any atom is 0.225 e. The fourth-order valence-corrected chi connectivity index (χ4v) is 3.36. The number of aliphatic hydroxyl groups is 1. The van der Waals surface area contributed by atoms with Crippen LogP contribution >= 0.6 is 0 Å². The van der Waals surface area contributed by atoms with E-state index in [4.69, 9.17) is 5.73 Å². The summed E-state index contributed by atoms with van der Waals surface area (Å²) in [5, 5.41) is 9.24. The van der Waals surface area contributed by atoms with Crippen molar-refractivity contribution in [2.24, 2.45) is 11.7 Å². The highest BCUT2D eigenvalue weighted by molar-refractivity contribution is 5.79. The van der Waals surface area contributed by atoms with E-state index >= 15 is 0 Å². The van der Waals surface area contributed by atoms with Gasteiger partial charge in [0.1, 0.15) is 0 Å². The molecule has 2 aliphatic rings. The summed E-state index contributed by atoms with van der Waals surface area (Å²) >= 11 is 0. The number of aliphatic hydroxyl groups excluding tert-OH is 1. The molecule has 0 aromatic carbocycles. The topological polar surface area (TPSA) is 66.6 Å². The second-order valence-corrected chi connectivity index (χ2v) is 6.18. The molecule has 0 aromatic rings. The quantitative estimate of drug-likeness (QED) is 0.797. The number of carbonyl (C=O) groups is 1. The van der Waals surface area contributed by atoms with Crippen molar-refractivity contribution in [2.75, 3.05) is 13.7 Å². The molecule has 1 amide bonds. The second kappa shape index (κ2) is 5.57. The smallest absolute Gasteiger partial charge is 0.225 e. The van der Waals surface area contributed by atoms with Gasteiger partial charge in [-0.25, -0.2) is 0 Å². The fourth-order valence-electron chi connectivity index (χ4n) is 3.36. The molecule has 2 rings (SSSR count). The third-order valence-corrected chi connectivity index (χ3v) is 4.87. The van der Waals surface area contributed by atoms with E-state index in [1.165, 1.54) is 12.8 Å². The Bertz CT molecular complexity index is 292. The maximum absolute atomic E-state index is 12.4. The van der Waals surface area contributed by atoms with Crippen LogP contribution in [-0.2, 0) is 4.79 Å². The van der Waals surface area contributed by atoms with Crippen molar-refractivity contribution in [1.82, 2.24) is 4.90 Å². The molecule has 0 saturated heterocycles. The van der Waals surface area contributed by atoms with Crippen LogP contribution in [0.4, 0.5) is 0 Å². The average molecular weight is 254 g/mol. The van der Waals surface area contributed by atoms with Gasteiger partial charge < -0.3 is 15.7 Å². The minimum absolute atomic E-state index is 0.0341. The van der Waals surface area contributed by atoms with E-state index in [2.05, 4.69) is 0 Å². The SMILES string of the molecule is CN(C(=O)C1CCC(N)(CO)CC1)C1CCCC1. The fraction of sp³-hybridized carbons (Fsp3) is 0.929. The van der Waals surface area contributed by atoms with E-state index in [1.54, 1.807) is 0 Å². The van der Waals surface area contributed by atoms with Crippen LogP contribution in [0.1, 0.15) is 51.4 Å². The van der Waals surface area contributed by atoms with Gasteiger partial charge in [-0.2, -0.15) is 0 Å². The first-order valence-electron chi connectivity index (χ1n) is 7.22. The molecule has 0 aromatic heterocycles. The van der Waals surface area contributed by atoms with Gasteiger partial charge in [-0.05, 0) is 38.5 Å². The van der Waals surface area contributed by atoms with E-state index in [0.717, 1.165) is 38.5 Å². The molecule has 18 heavy (non-hydrogen) atoms. The molecular weight excluding hydrogens is 228 g/mol. The van der Waals surface area contributed by atoms with Gasteiger partial charge >= 0.3 is 0 Å².